The van der Waals surface area contributed by atoms with E-state index in [2.05, 4.69) is 5.32 Å². The number of hydrogen-bond donors (Lipinski definition) is 1. The van der Waals surface area contributed by atoms with Crippen molar-refractivity contribution in [1.82, 2.24) is 0 Å². The molecule has 7 heteroatoms. The van der Waals surface area contributed by atoms with Crippen LogP contribution in [0, 0.1) is 0 Å². The summed E-state index contributed by atoms with van der Waals surface area (Å²) in [6.45, 7) is -0.465. The third-order valence-corrected chi connectivity index (χ3v) is 3.76. The highest BCUT2D eigenvalue weighted by atomic mass is 35.5. The van der Waals surface area contributed by atoms with Crippen LogP contribution in [-0.2, 0) is 9.53 Å². The molecule has 0 radical (unpaired) electrons. The van der Waals surface area contributed by atoms with Crippen LogP contribution in [0.3, 0.4) is 0 Å². The molecule has 22 heavy (non-hydrogen) atoms. The predicted molar refractivity (Wildman–Crippen MR) is 86.8 cm³/mol. The van der Waals surface area contributed by atoms with E-state index in [1.54, 1.807) is 24.3 Å². The lowest BCUT2D eigenvalue weighted by molar-refractivity contribution is -0.119. The van der Waals surface area contributed by atoms with Crippen LogP contribution in [0.4, 0.5) is 5.69 Å². The number of para-hydroxylation sites is 1. The van der Waals surface area contributed by atoms with Gasteiger partial charge < -0.3 is 10.1 Å². The van der Waals surface area contributed by atoms with Crippen molar-refractivity contribution < 1.29 is 14.3 Å². The van der Waals surface area contributed by atoms with E-state index >= 15 is 0 Å². The average Bonchev–Trinajstić information content (AvgIpc) is 2.50. The van der Waals surface area contributed by atoms with E-state index < -0.39 is 18.5 Å². The lowest BCUT2D eigenvalue weighted by Crippen LogP contribution is -2.21. The van der Waals surface area contributed by atoms with E-state index in [0.29, 0.717) is 5.69 Å². The largest absolute Gasteiger partial charge is 0.452 e. The molecule has 0 unspecified atom stereocenters. The number of anilines is 1. The zero-order valence-corrected chi connectivity index (χ0v) is 13.4. The molecule has 4 nitrogen and oxygen atoms in total. The number of halogens is 3. The van der Waals surface area contributed by atoms with Crippen LogP contribution in [0.25, 0.3) is 0 Å². The lowest BCUT2D eigenvalue weighted by Gasteiger charge is -2.09. The Labute approximate surface area is 141 Å². The van der Waals surface area contributed by atoms with Gasteiger partial charge in [0, 0.05) is 5.69 Å². The number of carbonyl (C=O) groups excluding carboxylic acids is 2. The molecule has 114 valence electrons. The molecular weight excluding hydrogens is 349 g/mol. The number of rotatable bonds is 4. The quantitative estimate of drug-likeness (QED) is 0.649. The summed E-state index contributed by atoms with van der Waals surface area (Å²) in [6.07, 6.45) is 0. The Bertz CT molecular complexity index is 705. The molecule has 0 heterocycles. The van der Waals surface area contributed by atoms with Crippen molar-refractivity contribution in [2.75, 3.05) is 11.9 Å². The highest BCUT2D eigenvalue weighted by Gasteiger charge is 2.19. The summed E-state index contributed by atoms with van der Waals surface area (Å²) in [7, 11) is 0. The summed E-state index contributed by atoms with van der Waals surface area (Å²) < 4.78 is 4.90. The smallest absolute Gasteiger partial charge is 0.341 e. The van der Waals surface area contributed by atoms with Crippen LogP contribution in [0.15, 0.2) is 42.5 Å². The van der Waals surface area contributed by atoms with Crippen LogP contribution in [0.1, 0.15) is 10.4 Å². The number of ether oxygens (including phenoxy) is 1. The van der Waals surface area contributed by atoms with E-state index in [1.807, 2.05) is 6.07 Å². The van der Waals surface area contributed by atoms with Crippen LogP contribution in [-0.4, -0.2) is 18.5 Å². The summed E-state index contributed by atoms with van der Waals surface area (Å²) in [5, 5.41) is 2.84. The highest BCUT2D eigenvalue weighted by molar-refractivity contribution is 6.46. The third-order valence-electron chi connectivity index (χ3n) is 2.64. The number of carbonyl (C=O) groups is 2. The number of hydrogen-bond acceptors (Lipinski definition) is 3. The zero-order valence-electron chi connectivity index (χ0n) is 11.1. The van der Waals surface area contributed by atoms with Crippen molar-refractivity contribution in [1.29, 1.82) is 0 Å². The van der Waals surface area contributed by atoms with Gasteiger partial charge in [-0.15, -0.1) is 0 Å². The van der Waals surface area contributed by atoms with Crippen molar-refractivity contribution in [3.8, 4) is 0 Å². The maximum absolute atomic E-state index is 12.0. The van der Waals surface area contributed by atoms with Crippen molar-refractivity contribution in [3.05, 3.63) is 63.1 Å². The second-order valence-corrected chi connectivity index (χ2v) is 5.40. The molecule has 0 aliphatic rings. The first-order valence-corrected chi connectivity index (χ1v) is 7.28. The molecule has 0 bridgehead atoms. The van der Waals surface area contributed by atoms with Crippen LogP contribution in [0.5, 0.6) is 0 Å². The molecule has 0 aromatic heterocycles. The fourth-order valence-electron chi connectivity index (χ4n) is 1.64. The molecule has 0 fully saturated rings. The Balaban J connectivity index is 1.99. The van der Waals surface area contributed by atoms with Crippen molar-refractivity contribution >= 4 is 52.4 Å². The number of nitrogens with one attached hydrogen (secondary N) is 1. The summed E-state index contributed by atoms with van der Waals surface area (Å²) in [5.74, 6) is -1.30. The molecule has 0 aliphatic heterocycles. The summed E-state index contributed by atoms with van der Waals surface area (Å²) in [6, 6.07) is 11.7. The van der Waals surface area contributed by atoms with Crippen molar-refractivity contribution in [2.45, 2.75) is 0 Å². The van der Waals surface area contributed by atoms with Gasteiger partial charge in [-0.2, -0.15) is 0 Å². The standard InChI is InChI=1S/C15H10Cl3NO3/c16-10-6-7-11(17)14(18)13(10)15(21)22-8-12(20)19-9-4-2-1-3-5-9/h1-7H,8H2,(H,19,20). The van der Waals surface area contributed by atoms with E-state index in [9.17, 15) is 9.59 Å². The first-order valence-electron chi connectivity index (χ1n) is 6.14. The number of esters is 1. The second kappa shape index (κ2) is 7.49. The Hall–Kier alpha value is -1.75. The summed E-state index contributed by atoms with van der Waals surface area (Å²) in [5.41, 5.74) is 0.533. The molecular formula is C15H10Cl3NO3. The fourth-order valence-corrected chi connectivity index (χ4v) is 2.32. The maximum atomic E-state index is 12.0. The van der Waals surface area contributed by atoms with Gasteiger partial charge in [0.15, 0.2) is 6.61 Å². The molecule has 0 spiro atoms. The van der Waals surface area contributed by atoms with Gasteiger partial charge in [-0.05, 0) is 24.3 Å². The molecule has 2 aromatic carbocycles. The highest BCUT2D eigenvalue weighted by Crippen LogP contribution is 2.31. The molecule has 0 saturated heterocycles. The minimum Gasteiger partial charge on any atom is -0.452 e. The van der Waals surface area contributed by atoms with Crippen molar-refractivity contribution in [2.24, 2.45) is 0 Å². The molecule has 1 N–H and O–H groups in total. The van der Waals surface area contributed by atoms with E-state index in [-0.39, 0.29) is 20.6 Å². The Morgan fingerprint density at radius 3 is 2.27 bits per heavy atom. The van der Waals surface area contributed by atoms with E-state index in [4.69, 9.17) is 39.5 Å². The van der Waals surface area contributed by atoms with Gasteiger partial charge in [0.1, 0.15) is 0 Å². The third kappa shape index (κ3) is 4.13. The zero-order chi connectivity index (χ0) is 16.1. The lowest BCUT2D eigenvalue weighted by atomic mass is 10.2. The molecule has 2 rings (SSSR count). The number of benzene rings is 2. The minimum absolute atomic E-state index is 0.0114. The second-order valence-electron chi connectivity index (χ2n) is 4.21. The Morgan fingerprint density at radius 1 is 0.955 bits per heavy atom. The van der Waals surface area contributed by atoms with E-state index in [1.165, 1.54) is 12.1 Å². The maximum Gasteiger partial charge on any atom is 0.341 e. The predicted octanol–water partition coefficient (Wildman–Crippen LogP) is 4.44. The topological polar surface area (TPSA) is 55.4 Å². The van der Waals surface area contributed by atoms with Crippen LogP contribution in [0.2, 0.25) is 15.1 Å². The van der Waals surface area contributed by atoms with Gasteiger partial charge in [-0.1, -0.05) is 53.0 Å². The molecule has 0 aliphatic carbocycles. The van der Waals surface area contributed by atoms with Gasteiger partial charge in [0.05, 0.1) is 20.6 Å². The summed E-state index contributed by atoms with van der Waals surface area (Å²) >= 11 is 17.6. The van der Waals surface area contributed by atoms with E-state index in [0.717, 1.165) is 0 Å². The van der Waals surface area contributed by atoms with Gasteiger partial charge in [0.2, 0.25) is 0 Å². The normalized spacial score (nSPS) is 10.1. The average molecular weight is 359 g/mol. The van der Waals surface area contributed by atoms with Gasteiger partial charge in [-0.25, -0.2) is 4.79 Å². The summed E-state index contributed by atoms with van der Waals surface area (Å²) in [4.78, 5) is 23.7. The number of amides is 1. The van der Waals surface area contributed by atoms with Crippen LogP contribution < -0.4 is 5.32 Å². The molecule has 0 saturated carbocycles. The van der Waals surface area contributed by atoms with Gasteiger partial charge in [0.25, 0.3) is 5.91 Å². The fraction of sp³-hybridized carbons (Fsp3) is 0.0667. The molecule has 0 atom stereocenters. The Morgan fingerprint density at radius 2 is 1.59 bits per heavy atom. The van der Waals surface area contributed by atoms with Crippen LogP contribution >= 0.6 is 34.8 Å². The molecule has 2 aromatic rings. The van der Waals surface area contributed by atoms with Gasteiger partial charge >= 0.3 is 5.97 Å². The Kier molecular flexibility index (Phi) is 5.66. The van der Waals surface area contributed by atoms with Gasteiger partial charge in [-0.3, -0.25) is 4.79 Å². The SMILES string of the molecule is O=C(COC(=O)c1c(Cl)ccc(Cl)c1Cl)Nc1ccccc1. The first-order chi connectivity index (χ1) is 10.5. The first kappa shape index (κ1) is 16.6. The van der Waals surface area contributed by atoms with Crippen molar-refractivity contribution in [3.63, 3.8) is 0 Å². The monoisotopic (exact) mass is 357 g/mol. The molecule has 1 amide bonds. The minimum atomic E-state index is -0.819.